The van der Waals surface area contributed by atoms with Crippen LogP contribution in [-0.4, -0.2) is 47.5 Å². The average molecular weight is 601 g/mol. The van der Waals surface area contributed by atoms with Gasteiger partial charge in [0.15, 0.2) is 11.6 Å². The monoisotopic (exact) mass is 600 g/mol. The number of halogens is 2. The lowest BCUT2D eigenvalue weighted by Crippen LogP contribution is -2.46. The number of benzene rings is 3. The maximum atomic E-state index is 14.8. The molecule has 3 aromatic carbocycles. The number of para-hydroxylation sites is 1. The Morgan fingerprint density at radius 1 is 0.900 bits per heavy atom. The molecule has 2 fully saturated rings. The van der Waals surface area contributed by atoms with Gasteiger partial charge in [-0.3, -0.25) is 19.2 Å². The van der Waals surface area contributed by atoms with Crippen LogP contribution in [0.5, 0.6) is 5.75 Å². The summed E-state index contributed by atoms with van der Waals surface area (Å²) in [5.41, 5.74) is 0.966. The first-order valence-electron chi connectivity index (χ1n) is 12.6. The average Bonchev–Trinajstić information content (AvgIpc) is 3.44. The molecule has 0 saturated carbocycles. The number of nitrogens with zero attached hydrogens (tertiary/aromatic N) is 2. The Morgan fingerprint density at radius 2 is 1.60 bits per heavy atom. The van der Waals surface area contributed by atoms with Crippen LogP contribution in [0.4, 0.5) is 10.1 Å². The molecule has 6 rings (SSSR count). The van der Waals surface area contributed by atoms with E-state index in [9.17, 15) is 23.6 Å². The molecule has 0 aromatic heterocycles. The van der Waals surface area contributed by atoms with Crippen LogP contribution in [0.25, 0.3) is 0 Å². The summed E-state index contributed by atoms with van der Waals surface area (Å²) in [7, 11) is 1.51. The highest BCUT2D eigenvalue weighted by Gasteiger charge is 2.63. The maximum absolute atomic E-state index is 14.8. The van der Waals surface area contributed by atoms with Crippen LogP contribution in [0.3, 0.4) is 0 Å². The van der Waals surface area contributed by atoms with E-state index in [1.807, 2.05) is 0 Å². The molecule has 0 N–H and O–H groups in total. The highest BCUT2D eigenvalue weighted by atomic mass is 79.9. The highest BCUT2D eigenvalue weighted by Crippen LogP contribution is 2.47. The second kappa shape index (κ2) is 9.98. The lowest BCUT2D eigenvalue weighted by Gasteiger charge is -2.33. The number of imide groups is 1. The number of Topliss-reactive ketones (excluding diaryl/α,β-unsaturated/α-hetero) is 2. The molecule has 0 aliphatic carbocycles. The summed E-state index contributed by atoms with van der Waals surface area (Å²) in [6.07, 6.45) is 4.84. The number of carbonyl (C=O) groups excluding carboxylic acids is 4. The number of fused-ring (bicyclic) bond motifs is 3. The quantitative estimate of drug-likeness (QED) is 0.293. The molecule has 3 heterocycles. The zero-order valence-electron chi connectivity index (χ0n) is 21.2. The Labute approximate surface area is 237 Å². The Kier molecular flexibility index (Phi) is 6.46. The molecule has 3 aromatic rings. The number of allylic oxidation sites excluding steroid dienone is 2. The molecule has 9 heteroatoms. The summed E-state index contributed by atoms with van der Waals surface area (Å²) in [5.74, 6) is -4.16. The van der Waals surface area contributed by atoms with E-state index in [0.717, 1.165) is 4.90 Å². The van der Waals surface area contributed by atoms with Crippen molar-refractivity contribution < 1.29 is 28.3 Å². The van der Waals surface area contributed by atoms with Gasteiger partial charge in [-0.25, -0.2) is 9.29 Å². The largest absolute Gasteiger partial charge is 0.496 e. The van der Waals surface area contributed by atoms with Gasteiger partial charge in [0.2, 0.25) is 11.8 Å². The van der Waals surface area contributed by atoms with Crippen molar-refractivity contribution in [1.82, 2.24) is 4.90 Å². The predicted molar refractivity (Wildman–Crippen MR) is 148 cm³/mol. The Hall–Kier alpha value is -4.37. The summed E-state index contributed by atoms with van der Waals surface area (Å²) in [4.78, 5) is 57.5. The van der Waals surface area contributed by atoms with Crippen LogP contribution in [0.15, 0.2) is 101 Å². The molecule has 0 unspecified atom stereocenters. The van der Waals surface area contributed by atoms with Gasteiger partial charge in [0.05, 0.1) is 35.1 Å². The van der Waals surface area contributed by atoms with Crippen LogP contribution in [0.1, 0.15) is 20.7 Å². The number of amides is 2. The number of rotatable bonds is 6. The fourth-order valence-electron chi connectivity index (χ4n) is 5.81. The van der Waals surface area contributed by atoms with Gasteiger partial charge in [-0.2, -0.15) is 0 Å². The van der Waals surface area contributed by atoms with Crippen LogP contribution < -0.4 is 9.64 Å². The van der Waals surface area contributed by atoms with E-state index in [1.165, 1.54) is 31.4 Å². The standard InChI is InChI=1S/C31H22BrFN2O5/c1-40-24-12-11-18(15-20(24)32)29(37)27-26-25(30(38)35(31(26)39)22-10-6-5-9-21(22)33)23-16-19(13-14-34(23)27)28(36)17-7-3-2-4-8-17/h2-16,23,25-27H,1H3/t23-,25-,26+,27-/m0/s1. The Bertz CT molecular complexity index is 1640. The molecule has 2 saturated heterocycles. The predicted octanol–water partition coefficient (Wildman–Crippen LogP) is 4.97. The van der Waals surface area contributed by atoms with E-state index < -0.39 is 41.6 Å². The first kappa shape index (κ1) is 25.9. The maximum Gasteiger partial charge on any atom is 0.240 e. The molecule has 0 radical (unpaired) electrons. The van der Waals surface area contributed by atoms with Crippen molar-refractivity contribution >= 4 is 45.0 Å². The molecule has 7 nitrogen and oxygen atoms in total. The zero-order valence-corrected chi connectivity index (χ0v) is 22.7. The number of anilines is 1. The van der Waals surface area contributed by atoms with Crippen molar-refractivity contribution in [2.45, 2.75) is 12.1 Å². The van der Waals surface area contributed by atoms with Gasteiger partial charge in [-0.05, 0) is 52.3 Å². The van der Waals surface area contributed by atoms with Crippen LogP contribution in [0.2, 0.25) is 0 Å². The fraction of sp³-hybridized carbons (Fsp3) is 0.161. The third-order valence-corrected chi connectivity index (χ3v) is 8.26. The second-order valence-electron chi connectivity index (χ2n) is 9.74. The molecule has 4 atom stereocenters. The summed E-state index contributed by atoms with van der Waals surface area (Å²) in [6, 6.07) is 17.3. The first-order chi connectivity index (χ1) is 19.3. The minimum Gasteiger partial charge on any atom is -0.496 e. The summed E-state index contributed by atoms with van der Waals surface area (Å²) >= 11 is 3.40. The van der Waals surface area contributed by atoms with Gasteiger partial charge in [0.25, 0.3) is 0 Å². The Morgan fingerprint density at radius 3 is 2.30 bits per heavy atom. The van der Waals surface area contributed by atoms with Gasteiger partial charge >= 0.3 is 0 Å². The van der Waals surface area contributed by atoms with Crippen molar-refractivity contribution in [2.24, 2.45) is 11.8 Å². The first-order valence-corrected chi connectivity index (χ1v) is 13.4. The van der Waals surface area contributed by atoms with E-state index in [1.54, 1.807) is 71.8 Å². The second-order valence-corrected chi connectivity index (χ2v) is 10.6. The SMILES string of the molecule is COc1ccc(C(=O)[C@@H]2[C@@H]3C(=O)N(c4ccccc4F)C(=O)[C@H]3[C@@H]3C=C(C(=O)c4ccccc4)C=CN23)cc1Br. The van der Waals surface area contributed by atoms with E-state index in [-0.39, 0.29) is 17.3 Å². The smallest absolute Gasteiger partial charge is 0.240 e. The van der Waals surface area contributed by atoms with Crippen molar-refractivity contribution in [3.63, 3.8) is 0 Å². The molecule has 0 spiro atoms. The van der Waals surface area contributed by atoms with Crippen molar-refractivity contribution in [3.05, 3.63) is 118 Å². The minimum atomic E-state index is -1.09. The topological polar surface area (TPSA) is 84.0 Å². The van der Waals surface area contributed by atoms with E-state index in [0.29, 0.717) is 26.9 Å². The minimum absolute atomic E-state index is 0.159. The zero-order chi connectivity index (χ0) is 28.1. The van der Waals surface area contributed by atoms with E-state index in [2.05, 4.69) is 15.9 Å². The number of hydrogen-bond acceptors (Lipinski definition) is 6. The highest BCUT2D eigenvalue weighted by molar-refractivity contribution is 9.10. The number of ketones is 2. The van der Waals surface area contributed by atoms with Crippen LogP contribution in [-0.2, 0) is 9.59 Å². The summed E-state index contributed by atoms with van der Waals surface area (Å²) in [5, 5.41) is 0. The van der Waals surface area contributed by atoms with Gasteiger partial charge in [0, 0.05) is 22.9 Å². The van der Waals surface area contributed by atoms with Crippen LogP contribution >= 0.6 is 15.9 Å². The fourth-order valence-corrected chi connectivity index (χ4v) is 6.36. The third-order valence-electron chi connectivity index (χ3n) is 7.64. The number of ether oxygens (including phenoxy) is 1. The summed E-state index contributed by atoms with van der Waals surface area (Å²) < 4.78 is 20.6. The number of methoxy groups -OCH3 is 1. The van der Waals surface area contributed by atoms with Gasteiger partial charge < -0.3 is 9.64 Å². The van der Waals surface area contributed by atoms with E-state index in [4.69, 9.17) is 4.74 Å². The molecule has 0 bridgehead atoms. The molecular formula is C31H22BrFN2O5. The van der Waals surface area contributed by atoms with Gasteiger partial charge in [-0.15, -0.1) is 0 Å². The molecule has 40 heavy (non-hydrogen) atoms. The van der Waals surface area contributed by atoms with Gasteiger partial charge in [-0.1, -0.05) is 48.5 Å². The van der Waals surface area contributed by atoms with Crippen LogP contribution in [0, 0.1) is 17.7 Å². The summed E-state index contributed by atoms with van der Waals surface area (Å²) in [6.45, 7) is 0. The van der Waals surface area contributed by atoms with Crippen molar-refractivity contribution in [3.8, 4) is 5.75 Å². The van der Waals surface area contributed by atoms with Gasteiger partial charge in [0.1, 0.15) is 17.6 Å². The molecule has 3 aliphatic rings. The van der Waals surface area contributed by atoms with E-state index >= 15 is 0 Å². The number of carbonyl (C=O) groups is 4. The molecule has 2 amide bonds. The lowest BCUT2D eigenvalue weighted by atomic mass is 9.85. The molecule has 200 valence electrons. The third kappa shape index (κ3) is 4.00. The molecular weight excluding hydrogens is 579 g/mol. The van der Waals surface area contributed by atoms with Crippen molar-refractivity contribution in [2.75, 3.05) is 12.0 Å². The Balaban J connectivity index is 1.44. The normalized spacial score (nSPS) is 23.1. The van der Waals surface area contributed by atoms with Crippen molar-refractivity contribution in [1.29, 1.82) is 0 Å². The molecule has 3 aliphatic heterocycles. The lowest BCUT2D eigenvalue weighted by molar-refractivity contribution is -0.123. The number of hydrogen-bond donors (Lipinski definition) is 0.